The largest absolute Gasteiger partial charge is 0.359 e. The molecule has 2 heterocycles. The molecule has 3 N–H and O–H groups in total. The summed E-state index contributed by atoms with van der Waals surface area (Å²) in [4.78, 5) is 4.13. The van der Waals surface area contributed by atoms with Crippen molar-refractivity contribution in [2.45, 2.75) is 38.1 Å². The van der Waals surface area contributed by atoms with Gasteiger partial charge >= 0.3 is 0 Å². The van der Waals surface area contributed by atoms with E-state index in [1.165, 1.54) is 0 Å². The van der Waals surface area contributed by atoms with Crippen LogP contribution in [-0.2, 0) is 10.0 Å². The van der Waals surface area contributed by atoms with Gasteiger partial charge < -0.3 is 10.6 Å². The van der Waals surface area contributed by atoms with Gasteiger partial charge in [-0.25, -0.2) is 8.42 Å². The quantitative estimate of drug-likeness (QED) is 0.464. The lowest BCUT2D eigenvalue weighted by Gasteiger charge is -2.15. The van der Waals surface area contributed by atoms with E-state index < -0.39 is 15.3 Å². The van der Waals surface area contributed by atoms with Crippen molar-refractivity contribution >= 4 is 27.1 Å². The second-order valence-corrected chi connectivity index (χ2v) is 10.0. The van der Waals surface area contributed by atoms with Crippen LogP contribution < -0.4 is 15.4 Å². The van der Waals surface area contributed by atoms with Crippen molar-refractivity contribution in [3.05, 3.63) is 95.8 Å². The van der Waals surface area contributed by atoms with Crippen LogP contribution in [0.1, 0.15) is 49.5 Å². The van der Waals surface area contributed by atoms with E-state index in [0.717, 1.165) is 34.5 Å². The van der Waals surface area contributed by atoms with Crippen molar-refractivity contribution in [3.63, 3.8) is 0 Å². The number of nitrogens with zero attached hydrogens (tertiary/aromatic N) is 1. The topological polar surface area (TPSA) is 83.1 Å². The first-order valence-electron chi connectivity index (χ1n) is 10.8. The zero-order valence-corrected chi connectivity index (χ0v) is 19.1. The van der Waals surface area contributed by atoms with Gasteiger partial charge in [0.15, 0.2) is 0 Å². The molecule has 0 spiro atoms. The number of anilines is 1. The van der Waals surface area contributed by atoms with Gasteiger partial charge in [-0.05, 0) is 48.7 Å². The molecule has 0 saturated heterocycles. The van der Waals surface area contributed by atoms with Crippen molar-refractivity contribution in [1.82, 2.24) is 15.6 Å². The molecule has 32 heavy (non-hydrogen) atoms. The summed E-state index contributed by atoms with van der Waals surface area (Å²) < 4.78 is 27.7. The summed E-state index contributed by atoms with van der Waals surface area (Å²) in [6, 6.07) is 21.6. The molecule has 6 nitrogen and oxygen atoms in total. The van der Waals surface area contributed by atoms with E-state index in [1.54, 1.807) is 31.5 Å². The molecule has 1 aliphatic heterocycles. The first-order chi connectivity index (χ1) is 15.5. The molecule has 0 bridgehead atoms. The van der Waals surface area contributed by atoms with Crippen molar-refractivity contribution in [3.8, 4) is 0 Å². The normalized spacial score (nSPS) is 16.9. The minimum Gasteiger partial charge on any atom is -0.359 e. The van der Waals surface area contributed by atoms with Crippen molar-refractivity contribution in [2.24, 2.45) is 0 Å². The standard InChI is InChI=1S/C25H28N4O2S/c1-3-7-18(2)32(30,31)29-22-12-10-19(11-13-22)23-24(20-14-16-26-17-15-20)28-25(27-23)21-8-5-4-6-9-21/h4-6,8-18,25,27-29H,3,7H2,1-2H3. The third-order valence-electron chi connectivity index (χ3n) is 5.59. The first-order valence-corrected chi connectivity index (χ1v) is 12.4. The van der Waals surface area contributed by atoms with Crippen LogP contribution in [0, 0.1) is 0 Å². The van der Waals surface area contributed by atoms with Gasteiger partial charge in [0.1, 0.15) is 6.17 Å². The molecule has 166 valence electrons. The Bertz CT molecular complexity index is 1180. The number of pyridine rings is 1. The molecule has 0 saturated carbocycles. The highest BCUT2D eigenvalue weighted by molar-refractivity contribution is 7.93. The van der Waals surface area contributed by atoms with Crippen LogP contribution in [0.4, 0.5) is 5.69 Å². The second kappa shape index (κ2) is 9.44. The predicted octanol–water partition coefficient (Wildman–Crippen LogP) is 4.73. The molecule has 0 fully saturated rings. The molecular weight excluding hydrogens is 420 g/mol. The number of hydrogen-bond donors (Lipinski definition) is 3. The first kappa shape index (κ1) is 21.9. The third kappa shape index (κ3) is 4.78. The molecule has 0 radical (unpaired) electrons. The summed E-state index contributed by atoms with van der Waals surface area (Å²) in [5, 5.41) is 6.74. The number of benzene rings is 2. The lowest BCUT2D eigenvalue weighted by atomic mass is 10.1. The molecule has 1 aromatic heterocycles. The fourth-order valence-corrected chi connectivity index (χ4v) is 5.00. The van der Waals surface area contributed by atoms with Gasteiger partial charge in [0.25, 0.3) is 0 Å². The van der Waals surface area contributed by atoms with Crippen LogP contribution >= 0.6 is 0 Å². The van der Waals surface area contributed by atoms with Gasteiger partial charge in [-0.15, -0.1) is 0 Å². The average molecular weight is 449 g/mol. The van der Waals surface area contributed by atoms with Crippen molar-refractivity contribution < 1.29 is 8.42 Å². The average Bonchev–Trinajstić information content (AvgIpc) is 3.26. The minimum absolute atomic E-state index is 0.0672. The molecule has 2 atom stereocenters. The predicted molar refractivity (Wildman–Crippen MR) is 130 cm³/mol. The van der Waals surface area contributed by atoms with E-state index in [1.807, 2.05) is 49.4 Å². The highest BCUT2D eigenvalue weighted by Crippen LogP contribution is 2.32. The lowest BCUT2D eigenvalue weighted by Crippen LogP contribution is -2.25. The fraction of sp³-hybridized carbons (Fsp3) is 0.240. The Morgan fingerprint density at radius 1 is 0.906 bits per heavy atom. The number of sulfonamides is 1. The smallest absolute Gasteiger partial charge is 0.235 e. The Hall–Kier alpha value is -3.32. The Morgan fingerprint density at radius 2 is 1.50 bits per heavy atom. The third-order valence-corrected chi connectivity index (χ3v) is 7.40. The number of rotatable bonds is 8. The number of hydrogen-bond acceptors (Lipinski definition) is 5. The van der Waals surface area contributed by atoms with E-state index >= 15 is 0 Å². The summed E-state index contributed by atoms with van der Waals surface area (Å²) in [5.41, 5.74) is 5.62. The van der Waals surface area contributed by atoms with Crippen LogP contribution in [0.25, 0.3) is 11.4 Å². The van der Waals surface area contributed by atoms with Crippen LogP contribution in [-0.4, -0.2) is 18.7 Å². The van der Waals surface area contributed by atoms with E-state index in [9.17, 15) is 8.42 Å². The zero-order chi connectivity index (χ0) is 22.6. The molecule has 2 unspecified atom stereocenters. The zero-order valence-electron chi connectivity index (χ0n) is 18.2. The summed E-state index contributed by atoms with van der Waals surface area (Å²) in [6.07, 6.45) is 4.93. The number of aromatic nitrogens is 1. The van der Waals surface area contributed by atoms with Crippen molar-refractivity contribution in [2.75, 3.05) is 4.72 Å². The summed E-state index contributed by atoms with van der Waals surface area (Å²) >= 11 is 0. The molecule has 7 heteroatoms. The maximum Gasteiger partial charge on any atom is 0.235 e. The highest BCUT2D eigenvalue weighted by atomic mass is 32.2. The SMILES string of the molecule is CCCC(C)S(=O)(=O)Nc1ccc(C2=C(c3ccncc3)NC(c3ccccc3)N2)cc1. The molecule has 3 aromatic rings. The van der Waals surface area contributed by atoms with Gasteiger partial charge in [-0.1, -0.05) is 55.8 Å². The van der Waals surface area contributed by atoms with Gasteiger partial charge in [0.05, 0.1) is 16.6 Å². The van der Waals surface area contributed by atoms with Gasteiger partial charge in [0, 0.05) is 23.6 Å². The summed E-state index contributed by atoms with van der Waals surface area (Å²) in [7, 11) is -3.40. The van der Waals surface area contributed by atoms with E-state index in [-0.39, 0.29) is 6.17 Å². The van der Waals surface area contributed by atoms with Crippen LogP contribution in [0.15, 0.2) is 79.1 Å². The molecule has 0 amide bonds. The maximum absolute atomic E-state index is 12.5. The Kier molecular flexibility index (Phi) is 6.46. The monoisotopic (exact) mass is 448 g/mol. The molecular formula is C25H28N4O2S. The van der Waals surface area contributed by atoms with Gasteiger partial charge in [-0.3, -0.25) is 9.71 Å². The maximum atomic E-state index is 12.5. The van der Waals surface area contributed by atoms with Crippen LogP contribution in [0.2, 0.25) is 0 Å². The van der Waals surface area contributed by atoms with Crippen molar-refractivity contribution in [1.29, 1.82) is 0 Å². The van der Waals surface area contributed by atoms with Gasteiger partial charge in [-0.2, -0.15) is 0 Å². The molecule has 4 rings (SSSR count). The minimum atomic E-state index is -3.40. The molecule has 1 aliphatic rings. The second-order valence-electron chi connectivity index (χ2n) is 7.94. The summed E-state index contributed by atoms with van der Waals surface area (Å²) in [6.45, 7) is 3.73. The van der Waals surface area contributed by atoms with E-state index in [2.05, 4.69) is 32.5 Å². The Balaban J connectivity index is 1.62. The number of nitrogens with one attached hydrogen (secondary N) is 3. The van der Waals surface area contributed by atoms with Gasteiger partial charge in [0.2, 0.25) is 10.0 Å². The van der Waals surface area contributed by atoms with E-state index in [4.69, 9.17) is 0 Å². The van der Waals surface area contributed by atoms with Crippen LogP contribution in [0.3, 0.4) is 0 Å². The molecule has 2 aromatic carbocycles. The van der Waals surface area contributed by atoms with Crippen LogP contribution in [0.5, 0.6) is 0 Å². The lowest BCUT2D eigenvalue weighted by molar-refractivity contribution is 0.581. The fourth-order valence-electron chi connectivity index (χ4n) is 3.79. The Morgan fingerprint density at radius 3 is 2.09 bits per heavy atom. The Labute approximate surface area is 189 Å². The molecule has 0 aliphatic carbocycles. The van der Waals surface area contributed by atoms with E-state index in [0.29, 0.717) is 12.1 Å². The summed E-state index contributed by atoms with van der Waals surface area (Å²) in [5.74, 6) is 0. The highest BCUT2D eigenvalue weighted by Gasteiger charge is 2.26.